The van der Waals surface area contributed by atoms with Crippen LogP contribution in [0.25, 0.3) is 0 Å². The number of hydrogen-bond donors (Lipinski definition) is 2. The summed E-state index contributed by atoms with van der Waals surface area (Å²) in [4.78, 5) is 12.9. The van der Waals surface area contributed by atoms with Crippen molar-refractivity contribution in [3.05, 3.63) is 23.3 Å². The third kappa shape index (κ3) is 3.68. The molecule has 0 aliphatic heterocycles. The van der Waals surface area contributed by atoms with Crippen molar-refractivity contribution in [2.75, 3.05) is 14.2 Å². The van der Waals surface area contributed by atoms with Crippen LogP contribution in [0.15, 0.2) is 12.1 Å². The van der Waals surface area contributed by atoms with Crippen LogP contribution < -0.4 is 20.5 Å². The van der Waals surface area contributed by atoms with E-state index in [2.05, 4.69) is 5.32 Å². The Labute approximate surface area is 156 Å². The van der Waals surface area contributed by atoms with E-state index in [-0.39, 0.29) is 17.9 Å². The summed E-state index contributed by atoms with van der Waals surface area (Å²) in [5, 5.41) is 3.22. The van der Waals surface area contributed by atoms with Gasteiger partial charge in [0.05, 0.1) is 20.3 Å². The van der Waals surface area contributed by atoms with Crippen molar-refractivity contribution in [2.24, 2.45) is 23.5 Å². The molecule has 0 heterocycles. The van der Waals surface area contributed by atoms with E-state index >= 15 is 0 Å². The molecule has 0 spiro atoms. The number of nitrogens with one attached hydrogen (secondary N) is 1. The first-order chi connectivity index (χ1) is 12.4. The fourth-order valence-corrected chi connectivity index (χ4v) is 4.88. The Hall–Kier alpha value is -1.75. The second-order valence-corrected chi connectivity index (χ2v) is 7.99. The SMILES string of the molecule is COc1cc(C)c(C(C)NC(=O)C2CC3CCCC(C2)C3N)cc1OC. The lowest BCUT2D eigenvalue weighted by atomic mass is 9.65. The van der Waals surface area contributed by atoms with Gasteiger partial charge in [0.2, 0.25) is 5.91 Å². The van der Waals surface area contributed by atoms with Crippen molar-refractivity contribution < 1.29 is 14.3 Å². The molecule has 0 aromatic heterocycles. The van der Waals surface area contributed by atoms with E-state index in [1.807, 2.05) is 26.0 Å². The zero-order chi connectivity index (χ0) is 18.8. The fourth-order valence-electron chi connectivity index (χ4n) is 4.88. The van der Waals surface area contributed by atoms with Gasteiger partial charge in [0.1, 0.15) is 0 Å². The molecule has 2 saturated carbocycles. The minimum Gasteiger partial charge on any atom is -0.493 e. The average molecular weight is 360 g/mol. The van der Waals surface area contributed by atoms with Crippen LogP contribution in [0.3, 0.4) is 0 Å². The van der Waals surface area contributed by atoms with Gasteiger partial charge in [-0.25, -0.2) is 0 Å². The highest BCUT2D eigenvalue weighted by Crippen LogP contribution is 2.42. The molecule has 1 aromatic carbocycles. The molecule has 1 amide bonds. The van der Waals surface area contributed by atoms with Gasteiger partial charge in [0.15, 0.2) is 11.5 Å². The van der Waals surface area contributed by atoms with Crippen molar-refractivity contribution >= 4 is 5.91 Å². The second kappa shape index (κ2) is 7.87. The van der Waals surface area contributed by atoms with Crippen LogP contribution in [0.2, 0.25) is 0 Å². The summed E-state index contributed by atoms with van der Waals surface area (Å²) in [7, 11) is 3.26. The van der Waals surface area contributed by atoms with E-state index in [4.69, 9.17) is 15.2 Å². The number of nitrogens with two attached hydrogens (primary N) is 1. The number of ether oxygens (including phenoxy) is 2. The first-order valence-electron chi connectivity index (χ1n) is 9.73. The van der Waals surface area contributed by atoms with E-state index in [1.165, 1.54) is 19.3 Å². The molecule has 2 aliphatic rings. The summed E-state index contributed by atoms with van der Waals surface area (Å²) in [6.45, 7) is 4.06. The number of fused-ring (bicyclic) bond motifs is 2. The molecule has 0 radical (unpaired) electrons. The highest BCUT2D eigenvalue weighted by Gasteiger charge is 2.40. The molecule has 3 N–H and O–H groups in total. The highest BCUT2D eigenvalue weighted by molar-refractivity contribution is 5.79. The topological polar surface area (TPSA) is 73.6 Å². The lowest BCUT2D eigenvalue weighted by Crippen LogP contribution is -2.49. The maximum absolute atomic E-state index is 12.9. The third-order valence-electron chi connectivity index (χ3n) is 6.38. The predicted molar refractivity (Wildman–Crippen MR) is 102 cm³/mol. The van der Waals surface area contributed by atoms with Crippen molar-refractivity contribution in [1.29, 1.82) is 0 Å². The molecule has 5 nitrogen and oxygen atoms in total. The Bertz CT molecular complexity index is 647. The van der Waals surface area contributed by atoms with Gasteiger partial charge in [0.25, 0.3) is 0 Å². The second-order valence-electron chi connectivity index (χ2n) is 7.99. The van der Waals surface area contributed by atoms with Gasteiger partial charge in [-0.3, -0.25) is 4.79 Å². The van der Waals surface area contributed by atoms with E-state index in [0.717, 1.165) is 24.0 Å². The normalized spacial score (nSPS) is 29.0. The van der Waals surface area contributed by atoms with Crippen LogP contribution in [0.1, 0.15) is 56.2 Å². The van der Waals surface area contributed by atoms with E-state index in [1.54, 1.807) is 14.2 Å². The van der Waals surface area contributed by atoms with Gasteiger partial charge in [-0.2, -0.15) is 0 Å². The summed E-state index contributed by atoms with van der Waals surface area (Å²) in [5.41, 5.74) is 8.50. The number of amides is 1. The fraction of sp³-hybridized carbons (Fsp3) is 0.667. The van der Waals surface area contributed by atoms with Crippen LogP contribution in [0, 0.1) is 24.7 Å². The molecule has 2 aliphatic carbocycles. The molecule has 144 valence electrons. The van der Waals surface area contributed by atoms with Crippen molar-refractivity contribution in [3.63, 3.8) is 0 Å². The quantitative estimate of drug-likeness (QED) is 0.844. The van der Waals surface area contributed by atoms with Crippen molar-refractivity contribution in [3.8, 4) is 11.5 Å². The number of methoxy groups -OCH3 is 2. The number of carbonyl (C=O) groups excluding carboxylic acids is 1. The van der Waals surface area contributed by atoms with E-state index in [0.29, 0.717) is 29.4 Å². The van der Waals surface area contributed by atoms with Gasteiger partial charge < -0.3 is 20.5 Å². The molecule has 1 aromatic rings. The summed E-state index contributed by atoms with van der Waals surface area (Å²) in [6, 6.07) is 4.14. The Morgan fingerprint density at radius 1 is 1.15 bits per heavy atom. The molecular formula is C21H32N2O3. The van der Waals surface area contributed by atoms with Crippen LogP contribution >= 0.6 is 0 Å². The number of benzene rings is 1. The Balaban J connectivity index is 1.70. The Morgan fingerprint density at radius 2 is 1.73 bits per heavy atom. The minimum atomic E-state index is -0.0715. The van der Waals surface area contributed by atoms with Crippen molar-refractivity contribution in [2.45, 2.75) is 58.0 Å². The molecule has 2 fully saturated rings. The molecule has 26 heavy (non-hydrogen) atoms. The lowest BCUT2D eigenvalue weighted by molar-refractivity contribution is -0.128. The first kappa shape index (κ1) is 19.0. The molecule has 3 atom stereocenters. The predicted octanol–water partition coefficient (Wildman–Crippen LogP) is 3.34. The van der Waals surface area contributed by atoms with E-state index in [9.17, 15) is 4.79 Å². The minimum absolute atomic E-state index is 0.0715. The molecule has 5 heteroatoms. The van der Waals surface area contributed by atoms with Gasteiger partial charge in [-0.15, -0.1) is 0 Å². The monoisotopic (exact) mass is 360 g/mol. The third-order valence-corrected chi connectivity index (χ3v) is 6.38. The first-order valence-corrected chi connectivity index (χ1v) is 9.73. The van der Waals surface area contributed by atoms with Gasteiger partial charge in [-0.05, 0) is 74.6 Å². The standard InChI is InChI=1S/C21H32N2O3/c1-12-8-18(25-3)19(26-4)11-17(12)13(2)23-21(24)16-9-14-6-5-7-15(10-16)20(14)22/h8,11,13-16,20H,5-7,9-10,22H2,1-4H3,(H,23,24). The number of aryl methyl sites for hydroxylation is 1. The average Bonchev–Trinajstić information content (AvgIpc) is 2.60. The van der Waals surface area contributed by atoms with E-state index < -0.39 is 0 Å². The van der Waals surface area contributed by atoms with Gasteiger partial charge >= 0.3 is 0 Å². The number of carbonyl (C=O) groups is 1. The molecule has 3 unspecified atom stereocenters. The molecule has 2 bridgehead atoms. The van der Waals surface area contributed by atoms with Crippen LogP contribution in [0.5, 0.6) is 11.5 Å². The maximum atomic E-state index is 12.9. The Kier molecular flexibility index (Phi) is 5.76. The van der Waals surface area contributed by atoms with Gasteiger partial charge in [-0.1, -0.05) is 6.42 Å². The molecular weight excluding hydrogens is 328 g/mol. The lowest BCUT2D eigenvalue weighted by Gasteiger charge is -2.43. The zero-order valence-corrected chi connectivity index (χ0v) is 16.4. The smallest absolute Gasteiger partial charge is 0.223 e. The van der Waals surface area contributed by atoms with Crippen LogP contribution in [-0.2, 0) is 4.79 Å². The van der Waals surface area contributed by atoms with Gasteiger partial charge in [0, 0.05) is 12.0 Å². The zero-order valence-electron chi connectivity index (χ0n) is 16.4. The Morgan fingerprint density at radius 3 is 2.31 bits per heavy atom. The summed E-state index contributed by atoms with van der Waals surface area (Å²) < 4.78 is 10.8. The molecule has 3 rings (SSSR count). The van der Waals surface area contributed by atoms with Crippen LogP contribution in [0.4, 0.5) is 0 Å². The summed E-state index contributed by atoms with van der Waals surface area (Å²) in [6.07, 6.45) is 5.47. The summed E-state index contributed by atoms with van der Waals surface area (Å²) >= 11 is 0. The summed E-state index contributed by atoms with van der Waals surface area (Å²) in [5.74, 6) is 2.67. The van der Waals surface area contributed by atoms with Crippen molar-refractivity contribution in [1.82, 2.24) is 5.32 Å². The molecule has 0 saturated heterocycles. The van der Waals surface area contributed by atoms with Crippen LogP contribution in [-0.4, -0.2) is 26.2 Å². The highest BCUT2D eigenvalue weighted by atomic mass is 16.5. The maximum Gasteiger partial charge on any atom is 0.223 e. The largest absolute Gasteiger partial charge is 0.493 e. The number of hydrogen-bond acceptors (Lipinski definition) is 4. The number of rotatable bonds is 5.